The smallest absolute Gasteiger partial charge is 0.312 e. The molecule has 4 nitrogen and oxygen atoms in total. The van der Waals surface area contributed by atoms with Crippen LogP contribution in [0, 0.1) is 0 Å². The summed E-state index contributed by atoms with van der Waals surface area (Å²) in [6.07, 6.45) is 0. The second kappa shape index (κ2) is 3.88. The van der Waals surface area contributed by atoms with Gasteiger partial charge in [-0.25, -0.2) is 4.99 Å². The van der Waals surface area contributed by atoms with Gasteiger partial charge in [0.25, 0.3) is 0 Å². The largest absolute Gasteiger partial charge is 0.352 e. The summed E-state index contributed by atoms with van der Waals surface area (Å²) >= 11 is 0. The molecule has 9 heavy (non-hydrogen) atoms. The minimum atomic E-state index is 0.0798. The van der Waals surface area contributed by atoms with Crippen LogP contribution in [0.15, 0.2) is 10.1 Å². The highest BCUT2D eigenvalue weighted by molar-refractivity contribution is 5.80. The summed E-state index contributed by atoms with van der Waals surface area (Å²) in [7, 11) is 1.54. The minimum absolute atomic E-state index is 0.0798. The van der Waals surface area contributed by atoms with E-state index in [2.05, 4.69) is 15.0 Å². The number of aliphatic imine (C=N–C) groups is 1. The molecule has 0 unspecified atom stereocenters. The Morgan fingerprint density at radius 1 is 1.44 bits per heavy atom. The topological polar surface area (TPSA) is 60.0 Å². The third-order valence-electron chi connectivity index (χ3n) is 0.542. The lowest BCUT2D eigenvalue weighted by molar-refractivity contribution is 0.321. The second-order valence-electron chi connectivity index (χ2n) is 1.69. The number of nitrogens with zero attached hydrogens (tertiary/aromatic N) is 2. The molecule has 0 aromatic carbocycles. The fourth-order valence-electron chi connectivity index (χ4n) is 0.179. The molecule has 4 heteroatoms. The Bertz CT molecular complexity index is 135. The van der Waals surface area contributed by atoms with Crippen molar-refractivity contribution in [3.05, 3.63) is 0 Å². The van der Waals surface area contributed by atoms with E-state index in [1.54, 1.807) is 0 Å². The van der Waals surface area contributed by atoms with Gasteiger partial charge in [0.2, 0.25) is 0 Å². The monoisotopic (exact) mass is 129 g/mol. The average molecular weight is 129 g/mol. The maximum atomic E-state index is 5.14. The Balaban J connectivity index is 3.64. The Kier molecular flexibility index (Phi) is 3.43. The highest BCUT2D eigenvalue weighted by Crippen LogP contribution is 1.78. The number of rotatable bonds is 1. The zero-order valence-electron chi connectivity index (χ0n) is 5.88. The molecule has 2 N–H and O–H groups in total. The van der Waals surface area contributed by atoms with E-state index in [9.17, 15) is 0 Å². The molecule has 0 radical (unpaired) electrons. The molecule has 0 aromatic heterocycles. The molecule has 0 rings (SSSR count). The van der Waals surface area contributed by atoms with E-state index in [0.29, 0.717) is 0 Å². The summed E-state index contributed by atoms with van der Waals surface area (Å²) in [6.45, 7) is 3.62. The van der Waals surface area contributed by atoms with Crippen molar-refractivity contribution in [3.8, 4) is 0 Å². The molecule has 0 aliphatic carbocycles. The number of amidine groups is 1. The third kappa shape index (κ3) is 4.80. The van der Waals surface area contributed by atoms with Crippen LogP contribution in [-0.4, -0.2) is 18.8 Å². The van der Waals surface area contributed by atoms with Crippen molar-refractivity contribution in [2.24, 2.45) is 15.9 Å². The van der Waals surface area contributed by atoms with Crippen LogP contribution in [0.3, 0.4) is 0 Å². The van der Waals surface area contributed by atoms with Gasteiger partial charge in [0.1, 0.15) is 0 Å². The van der Waals surface area contributed by atoms with Crippen molar-refractivity contribution in [1.82, 2.24) is 0 Å². The predicted octanol–water partition coefficient (Wildman–Crippen LogP) is 0.343. The molecule has 0 saturated heterocycles. The highest BCUT2D eigenvalue weighted by Gasteiger charge is 1.84. The summed E-state index contributed by atoms with van der Waals surface area (Å²) in [5.74, 6) is 0. The molecule has 0 fully saturated rings. The van der Waals surface area contributed by atoms with Crippen LogP contribution in [0.5, 0.6) is 0 Å². The maximum absolute atomic E-state index is 5.14. The maximum Gasteiger partial charge on any atom is 0.312 e. The van der Waals surface area contributed by atoms with Crippen molar-refractivity contribution < 1.29 is 4.84 Å². The number of hydrogen-bond donors (Lipinski definition) is 1. The molecule has 0 aliphatic rings. The van der Waals surface area contributed by atoms with Gasteiger partial charge in [0.05, 0.1) is 5.71 Å². The summed E-state index contributed by atoms with van der Waals surface area (Å²) in [4.78, 5) is 8.09. The van der Waals surface area contributed by atoms with Gasteiger partial charge < -0.3 is 10.6 Å². The first kappa shape index (κ1) is 7.94. The summed E-state index contributed by atoms with van der Waals surface area (Å²) in [5.41, 5.74) is 5.95. The zero-order valence-corrected chi connectivity index (χ0v) is 5.88. The van der Waals surface area contributed by atoms with Crippen LogP contribution in [0.25, 0.3) is 0 Å². The molecular weight excluding hydrogens is 118 g/mol. The van der Waals surface area contributed by atoms with E-state index in [1.165, 1.54) is 7.05 Å². The lowest BCUT2D eigenvalue weighted by Gasteiger charge is -1.93. The quantitative estimate of drug-likeness (QED) is 0.315. The lowest BCUT2D eigenvalue weighted by atomic mass is 10.5. The Labute approximate surface area is 54.4 Å². The fourth-order valence-corrected chi connectivity index (χ4v) is 0.179. The first-order chi connectivity index (χ1) is 4.16. The van der Waals surface area contributed by atoms with Gasteiger partial charge in [-0.1, -0.05) is 5.16 Å². The Morgan fingerprint density at radius 2 is 2.00 bits per heavy atom. The summed E-state index contributed by atoms with van der Waals surface area (Å²) in [6, 6.07) is 0.0798. The summed E-state index contributed by atoms with van der Waals surface area (Å²) in [5, 5.41) is 3.56. The molecule has 0 amide bonds. The Hall–Kier alpha value is -1.06. The van der Waals surface area contributed by atoms with E-state index in [1.807, 2.05) is 13.8 Å². The lowest BCUT2D eigenvalue weighted by Crippen LogP contribution is -2.13. The van der Waals surface area contributed by atoms with Gasteiger partial charge in [-0.3, -0.25) is 0 Å². The van der Waals surface area contributed by atoms with Gasteiger partial charge in [-0.15, -0.1) is 0 Å². The fraction of sp³-hybridized carbons (Fsp3) is 0.600. The van der Waals surface area contributed by atoms with Crippen LogP contribution in [0.4, 0.5) is 0 Å². The molecule has 0 spiro atoms. The first-order valence-electron chi connectivity index (χ1n) is 2.57. The van der Waals surface area contributed by atoms with Crippen LogP contribution in [-0.2, 0) is 4.84 Å². The molecule has 0 heterocycles. The van der Waals surface area contributed by atoms with Gasteiger partial charge in [0, 0.05) is 7.05 Å². The van der Waals surface area contributed by atoms with Crippen LogP contribution in [0.2, 0.25) is 0 Å². The molecule has 0 bridgehead atoms. The van der Waals surface area contributed by atoms with E-state index in [-0.39, 0.29) is 6.02 Å². The van der Waals surface area contributed by atoms with Crippen molar-refractivity contribution in [2.45, 2.75) is 13.8 Å². The number of hydrogen-bond acceptors (Lipinski definition) is 3. The first-order valence-corrected chi connectivity index (χ1v) is 2.57. The molecular formula is C5H11N3O. The van der Waals surface area contributed by atoms with Crippen molar-refractivity contribution in [2.75, 3.05) is 7.05 Å². The number of oxime groups is 1. The minimum Gasteiger partial charge on any atom is -0.352 e. The molecule has 0 aromatic rings. The normalized spacial score (nSPS) is 10.8. The predicted molar refractivity (Wildman–Crippen MR) is 37.4 cm³/mol. The molecule has 0 aliphatic heterocycles. The molecule has 52 valence electrons. The van der Waals surface area contributed by atoms with Crippen LogP contribution < -0.4 is 5.73 Å². The van der Waals surface area contributed by atoms with Gasteiger partial charge in [-0.2, -0.15) is 0 Å². The van der Waals surface area contributed by atoms with Gasteiger partial charge in [0.15, 0.2) is 0 Å². The van der Waals surface area contributed by atoms with E-state index in [4.69, 9.17) is 5.73 Å². The van der Waals surface area contributed by atoms with Crippen molar-refractivity contribution in [1.29, 1.82) is 0 Å². The molecule has 0 saturated carbocycles. The van der Waals surface area contributed by atoms with Gasteiger partial charge >= 0.3 is 6.02 Å². The molecule has 0 atom stereocenters. The number of nitrogens with two attached hydrogens (primary N) is 1. The van der Waals surface area contributed by atoms with Gasteiger partial charge in [-0.05, 0) is 13.8 Å². The van der Waals surface area contributed by atoms with E-state index < -0.39 is 0 Å². The summed E-state index contributed by atoms with van der Waals surface area (Å²) < 4.78 is 0. The highest BCUT2D eigenvalue weighted by atomic mass is 16.6. The van der Waals surface area contributed by atoms with Crippen LogP contribution in [0.1, 0.15) is 13.8 Å². The Morgan fingerprint density at radius 3 is 2.33 bits per heavy atom. The van der Waals surface area contributed by atoms with Crippen LogP contribution >= 0.6 is 0 Å². The van der Waals surface area contributed by atoms with E-state index in [0.717, 1.165) is 5.71 Å². The SMILES string of the molecule is CN=C(N)ON=C(C)C. The van der Waals surface area contributed by atoms with Crippen molar-refractivity contribution >= 4 is 11.7 Å². The van der Waals surface area contributed by atoms with Crippen molar-refractivity contribution in [3.63, 3.8) is 0 Å². The average Bonchev–Trinajstić information content (AvgIpc) is 1.83. The third-order valence-corrected chi connectivity index (χ3v) is 0.542. The second-order valence-corrected chi connectivity index (χ2v) is 1.69. The standard InChI is InChI=1S/C5H11N3O/c1-4(2)8-9-5(6)7-3/h1-3H3,(H2,6,7). The van der Waals surface area contributed by atoms with E-state index >= 15 is 0 Å². The zero-order chi connectivity index (χ0) is 7.28.